The van der Waals surface area contributed by atoms with Gasteiger partial charge in [-0.15, -0.1) is 11.8 Å². The summed E-state index contributed by atoms with van der Waals surface area (Å²) in [4.78, 5) is 1.23. The first-order chi connectivity index (χ1) is 8.74. The fourth-order valence-electron chi connectivity index (χ4n) is 1.46. The van der Waals surface area contributed by atoms with Gasteiger partial charge in [-0.3, -0.25) is 0 Å². The van der Waals surface area contributed by atoms with Gasteiger partial charge in [0.05, 0.1) is 0 Å². The van der Waals surface area contributed by atoms with Crippen LogP contribution in [0.5, 0.6) is 0 Å². The van der Waals surface area contributed by atoms with E-state index in [2.05, 4.69) is 5.32 Å². The average molecular weight is 298 g/mol. The van der Waals surface area contributed by atoms with Crippen LogP contribution in [-0.4, -0.2) is 12.3 Å². The second kappa shape index (κ2) is 6.93. The van der Waals surface area contributed by atoms with E-state index in [0.717, 1.165) is 28.0 Å². The Morgan fingerprint density at radius 3 is 2.00 bits per heavy atom. The van der Waals surface area contributed by atoms with Gasteiger partial charge in [0.15, 0.2) is 0 Å². The molecule has 0 spiro atoms. The molecule has 2 aromatic rings. The molecule has 1 nitrogen and oxygen atoms in total. The van der Waals surface area contributed by atoms with Gasteiger partial charge in [0, 0.05) is 32.9 Å². The van der Waals surface area contributed by atoms with E-state index in [0.29, 0.717) is 0 Å². The highest BCUT2D eigenvalue weighted by Crippen LogP contribution is 2.20. The molecule has 94 valence electrons. The van der Waals surface area contributed by atoms with Crippen LogP contribution in [0.4, 0.5) is 5.69 Å². The molecule has 4 heteroatoms. The van der Waals surface area contributed by atoms with Gasteiger partial charge in [-0.2, -0.15) is 0 Å². The van der Waals surface area contributed by atoms with E-state index in [4.69, 9.17) is 23.2 Å². The number of nitrogens with one attached hydrogen (secondary N) is 1. The Morgan fingerprint density at radius 1 is 0.833 bits per heavy atom. The molecule has 0 heterocycles. The van der Waals surface area contributed by atoms with Crippen molar-refractivity contribution in [2.24, 2.45) is 0 Å². The Hall–Kier alpha value is -0.830. The number of rotatable bonds is 5. The number of anilines is 1. The van der Waals surface area contributed by atoms with Gasteiger partial charge in [0.2, 0.25) is 0 Å². The minimum Gasteiger partial charge on any atom is -0.384 e. The van der Waals surface area contributed by atoms with Crippen LogP contribution in [0, 0.1) is 0 Å². The van der Waals surface area contributed by atoms with Crippen molar-refractivity contribution < 1.29 is 0 Å². The first kappa shape index (κ1) is 13.6. The third-order valence-corrected chi connectivity index (χ3v) is 3.88. The van der Waals surface area contributed by atoms with E-state index >= 15 is 0 Å². The summed E-state index contributed by atoms with van der Waals surface area (Å²) in [7, 11) is 0. The summed E-state index contributed by atoms with van der Waals surface area (Å²) in [5.74, 6) is 1.00. The highest BCUT2D eigenvalue weighted by atomic mass is 35.5. The van der Waals surface area contributed by atoms with Crippen molar-refractivity contribution in [3.05, 3.63) is 58.6 Å². The highest BCUT2D eigenvalue weighted by molar-refractivity contribution is 7.99. The van der Waals surface area contributed by atoms with E-state index in [1.54, 1.807) is 11.8 Å². The fraction of sp³-hybridized carbons (Fsp3) is 0.143. The minimum atomic E-state index is 0.760. The van der Waals surface area contributed by atoms with Crippen LogP contribution in [0.1, 0.15) is 0 Å². The van der Waals surface area contributed by atoms with Crippen molar-refractivity contribution >= 4 is 40.7 Å². The molecule has 0 fully saturated rings. The predicted molar refractivity (Wildman–Crippen MR) is 82.1 cm³/mol. The Bertz CT molecular complexity index is 435. The lowest BCUT2D eigenvalue weighted by molar-refractivity contribution is 1.22. The van der Waals surface area contributed by atoms with Gasteiger partial charge in [-0.1, -0.05) is 23.2 Å². The molecule has 0 atom stereocenters. The van der Waals surface area contributed by atoms with Crippen LogP contribution in [0.2, 0.25) is 10.0 Å². The fourth-order valence-corrected chi connectivity index (χ4v) is 2.48. The predicted octanol–water partition coefficient (Wildman–Crippen LogP) is 5.20. The molecule has 2 rings (SSSR count). The first-order valence-electron chi connectivity index (χ1n) is 5.62. The van der Waals surface area contributed by atoms with Crippen LogP contribution >= 0.6 is 35.0 Å². The lowest BCUT2D eigenvalue weighted by Crippen LogP contribution is -2.03. The smallest absolute Gasteiger partial charge is 0.0407 e. The molecule has 0 aromatic heterocycles. The monoisotopic (exact) mass is 297 g/mol. The third-order valence-electron chi connectivity index (χ3n) is 2.36. The van der Waals surface area contributed by atoms with Crippen molar-refractivity contribution in [3.8, 4) is 0 Å². The summed E-state index contributed by atoms with van der Waals surface area (Å²) in [6.45, 7) is 0.912. The van der Waals surface area contributed by atoms with Gasteiger partial charge in [0.1, 0.15) is 0 Å². The number of halogens is 2. The maximum Gasteiger partial charge on any atom is 0.0407 e. The summed E-state index contributed by atoms with van der Waals surface area (Å²) in [5.41, 5.74) is 1.09. The molecule has 18 heavy (non-hydrogen) atoms. The third kappa shape index (κ3) is 4.45. The summed E-state index contributed by atoms with van der Waals surface area (Å²) >= 11 is 13.5. The molecular weight excluding hydrogens is 285 g/mol. The average Bonchev–Trinajstić information content (AvgIpc) is 2.39. The molecule has 0 bridgehead atoms. The van der Waals surface area contributed by atoms with Crippen LogP contribution in [0.25, 0.3) is 0 Å². The van der Waals surface area contributed by atoms with E-state index in [9.17, 15) is 0 Å². The summed E-state index contributed by atoms with van der Waals surface area (Å²) in [6.07, 6.45) is 0. The van der Waals surface area contributed by atoms with Crippen molar-refractivity contribution in [3.63, 3.8) is 0 Å². The Labute approximate surface area is 121 Å². The largest absolute Gasteiger partial charge is 0.384 e. The molecule has 0 radical (unpaired) electrons. The van der Waals surface area contributed by atoms with Crippen molar-refractivity contribution in [1.82, 2.24) is 0 Å². The van der Waals surface area contributed by atoms with Crippen LogP contribution in [0.15, 0.2) is 53.4 Å². The molecule has 0 aliphatic heterocycles. The SMILES string of the molecule is Clc1ccc(NCCSc2ccc(Cl)cc2)cc1. The molecule has 0 saturated carbocycles. The van der Waals surface area contributed by atoms with E-state index < -0.39 is 0 Å². The van der Waals surface area contributed by atoms with Gasteiger partial charge in [-0.05, 0) is 48.5 Å². The zero-order chi connectivity index (χ0) is 12.8. The molecule has 0 aliphatic carbocycles. The maximum atomic E-state index is 5.83. The second-order valence-corrected chi connectivity index (χ2v) is 5.78. The van der Waals surface area contributed by atoms with Crippen molar-refractivity contribution in [2.45, 2.75) is 4.90 Å². The maximum absolute atomic E-state index is 5.83. The van der Waals surface area contributed by atoms with Gasteiger partial charge >= 0.3 is 0 Å². The molecule has 0 unspecified atom stereocenters. The lowest BCUT2D eigenvalue weighted by Gasteiger charge is -2.06. The number of benzene rings is 2. The zero-order valence-corrected chi connectivity index (χ0v) is 12.0. The Balaban J connectivity index is 1.73. The normalized spacial score (nSPS) is 10.3. The first-order valence-corrected chi connectivity index (χ1v) is 7.36. The van der Waals surface area contributed by atoms with Gasteiger partial charge < -0.3 is 5.32 Å². The van der Waals surface area contributed by atoms with Crippen LogP contribution < -0.4 is 5.32 Å². The zero-order valence-electron chi connectivity index (χ0n) is 9.70. The van der Waals surface area contributed by atoms with E-state index in [1.165, 1.54) is 4.90 Å². The molecule has 0 amide bonds. The molecule has 0 saturated heterocycles. The number of hydrogen-bond acceptors (Lipinski definition) is 2. The number of hydrogen-bond donors (Lipinski definition) is 1. The topological polar surface area (TPSA) is 12.0 Å². The summed E-state index contributed by atoms with van der Waals surface area (Å²) in [6, 6.07) is 15.6. The molecular formula is C14H13Cl2NS. The lowest BCUT2D eigenvalue weighted by atomic mass is 10.3. The van der Waals surface area contributed by atoms with Crippen molar-refractivity contribution in [1.29, 1.82) is 0 Å². The summed E-state index contributed by atoms with van der Waals surface area (Å²) in [5, 5.41) is 4.88. The van der Waals surface area contributed by atoms with Gasteiger partial charge in [0.25, 0.3) is 0 Å². The summed E-state index contributed by atoms with van der Waals surface area (Å²) < 4.78 is 0. The quantitative estimate of drug-likeness (QED) is 0.601. The Morgan fingerprint density at radius 2 is 1.39 bits per heavy atom. The van der Waals surface area contributed by atoms with Crippen LogP contribution in [-0.2, 0) is 0 Å². The van der Waals surface area contributed by atoms with Crippen molar-refractivity contribution in [2.75, 3.05) is 17.6 Å². The standard InChI is InChI=1S/C14H13Cl2NS/c15-11-1-5-13(6-2-11)17-9-10-18-14-7-3-12(16)4-8-14/h1-8,17H,9-10H2. The second-order valence-electron chi connectivity index (χ2n) is 3.74. The van der Waals surface area contributed by atoms with Gasteiger partial charge in [-0.25, -0.2) is 0 Å². The van der Waals surface area contributed by atoms with E-state index in [-0.39, 0.29) is 0 Å². The molecule has 2 aromatic carbocycles. The van der Waals surface area contributed by atoms with E-state index in [1.807, 2.05) is 48.5 Å². The molecule has 1 N–H and O–H groups in total. The number of thioether (sulfide) groups is 1. The van der Waals surface area contributed by atoms with Crippen LogP contribution in [0.3, 0.4) is 0 Å². The highest BCUT2D eigenvalue weighted by Gasteiger charge is 1.95. The Kier molecular flexibility index (Phi) is 5.24. The molecule has 0 aliphatic rings. The minimum absolute atomic E-state index is 0.760.